The van der Waals surface area contributed by atoms with E-state index in [0.29, 0.717) is 15.7 Å². The van der Waals surface area contributed by atoms with Crippen molar-refractivity contribution < 1.29 is 19.1 Å². The van der Waals surface area contributed by atoms with Gasteiger partial charge in [-0.1, -0.05) is 40.9 Å². The summed E-state index contributed by atoms with van der Waals surface area (Å²) in [7, 11) is 0. The zero-order valence-electron chi connectivity index (χ0n) is 14.0. The van der Waals surface area contributed by atoms with Crippen molar-refractivity contribution in [3.63, 3.8) is 0 Å². The summed E-state index contributed by atoms with van der Waals surface area (Å²) in [5.74, 6) is -1.90. The smallest absolute Gasteiger partial charge is 0.311 e. The van der Waals surface area contributed by atoms with Gasteiger partial charge in [0.15, 0.2) is 6.61 Å². The van der Waals surface area contributed by atoms with E-state index in [-0.39, 0.29) is 29.5 Å². The average molecular weight is 427 g/mol. The van der Waals surface area contributed by atoms with Crippen molar-refractivity contribution in [2.24, 2.45) is 5.92 Å². The second-order valence-corrected chi connectivity index (χ2v) is 7.32. The first kappa shape index (κ1) is 19.7. The summed E-state index contributed by atoms with van der Waals surface area (Å²) in [6.07, 6.45) is 0.0151. The lowest BCUT2D eigenvalue weighted by atomic mass is 10.1. The van der Waals surface area contributed by atoms with Gasteiger partial charge in [0.1, 0.15) is 0 Å². The maximum atomic E-state index is 12.3. The van der Waals surface area contributed by atoms with Gasteiger partial charge in [-0.25, -0.2) is 0 Å². The van der Waals surface area contributed by atoms with E-state index in [1.54, 1.807) is 24.3 Å². The maximum absolute atomic E-state index is 12.3. The highest BCUT2D eigenvalue weighted by atomic mass is 35.5. The van der Waals surface area contributed by atoms with Crippen LogP contribution in [0, 0.1) is 5.92 Å². The van der Waals surface area contributed by atoms with Crippen LogP contribution < -0.4 is 4.90 Å². The van der Waals surface area contributed by atoms with Gasteiger partial charge in [0.05, 0.1) is 10.9 Å². The topological polar surface area (TPSA) is 63.7 Å². The summed E-state index contributed by atoms with van der Waals surface area (Å²) in [6, 6.07) is 11.3. The number of hydrogen-bond donors (Lipinski definition) is 0. The molecule has 2 aromatic rings. The van der Waals surface area contributed by atoms with Gasteiger partial charge in [0.25, 0.3) is 0 Å². The van der Waals surface area contributed by atoms with Gasteiger partial charge >= 0.3 is 5.97 Å². The molecule has 8 heteroatoms. The molecule has 1 saturated heterocycles. The van der Waals surface area contributed by atoms with Crippen LogP contribution in [-0.2, 0) is 14.3 Å². The van der Waals surface area contributed by atoms with Crippen molar-refractivity contribution in [2.75, 3.05) is 18.1 Å². The highest BCUT2D eigenvalue weighted by molar-refractivity contribution is 6.36. The number of carbonyl (C=O) groups excluding carboxylic acids is 3. The van der Waals surface area contributed by atoms with Crippen LogP contribution in [0.4, 0.5) is 5.69 Å². The quantitative estimate of drug-likeness (QED) is 0.524. The van der Waals surface area contributed by atoms with Crippen LogP contribution in [0.15, 0.2) is 42.5 Å². The third-order valence-corrected chi connectivity index (χ3v) is 4.94. The molecular weight excluding hydrogens is 413 g/mol. The van der Waals surface area contributed by atoms with E-state index in [4.69, 9.17) is 39.5 Å². The molecular formula is C19H14Cl3NO4. The van der Waals surface area contributed by atoms with Gasteiger partial charge < -0.3 is 9.64 Å². The molecule has 1 amide bonds. The van der Waals surface area contributed by atoms with E-state index in [9.17, 15) is 14.4 Å². The third-order valence-electron chi connectivity index (χ3n) is 4.16. The Kier molecular flexibility index (Phi) is 6.05. The highest BCUT2D eigenvalue weighted by Crippen LogP contribution is 2.28. The lowest BCUT2D eigenvalue weighted by Crippen LogP contribution is -2.27. The van der Waals surface area contributed by atoms with Crippen molar-refractivity contribution in [1.82, 2.24) is 0 Å². The molecule has 0 aliphatic carbocycles. The molecule has 0 N–H and O–H groups in total. The number of ketones is 1. The molecule has 3 rings (SSSR count). The fourth-order valence-corrected chi connectivity index (χ4v) is 3.51. The van der Waals surface area contributed by atoms with Crippen molar-refractivity contribution in [1.29, 1.82) is 0 Å². The van der Waals surface area contributed by atoms with Crippen molar-refractivity contribution in [3.05, 3.63) is 63.1 Å². The van der Waals surface area contributed by atoms with Gasteiger partial charge in [-0.15, -0.1) is 0 Å². The molecule has 1 aliphatic heterocycles. The SMILES string of the molecule is O=C(COC(=O)[C@H]1CC(=O)N(c2cccc(Cl)c2)C1)c1ccc(Cl)cc1Cl. The van der Waals surface area contributed by atoms with Crippen LogP contribution in [0.2, 0.25) is 15.1 Å². The lowest BCUT2D eigenvalue weighted by molar-refractivity contribution is -0.147. The van der Waals surface area contributed by atoms with Crippen LogP contribution in [0.3, 0.4) is 0 Å². The van der Waals surface area contributed by atoms with Gasteiger partial charge in [-0.3, -0.25) is 14.4 Å². The summed E-state index contributed by atoms with van der Waals surface area (Å²) < 4.78 is 5.10. The Balaban J connectivity index is 1.60. The number of hydrogen-bond acceptors (Lipinski definition) is 4. The molecule has 1 heterocycles. The Bertz CT molecular complexity index is 916. The lowest BCUT2D eigenvalue weighted by Gasteiger charge is -2.16. The van der Waals surface area contributed by atoms with Gasteiger partial charge in [-0.05, 0) is 36.4 Å². The van der Waals surface area contributed by atoms with Crippen LogP contribution in [-0.4, -0.2) is 30.8 Å². The first-order valence-corrected chi connectivity index (χ1v) is 9.19. The predicted octanol–water partition coefficient (Wildman–Crippen LogP) is 4.43. The van der Waals surface area contributed by atoms with E-state index in [1.807, 2.05) is 0 Å². The van der Waals surface area contributed by atoms with Crippen LogP contribution in [0.5, 0.6) is 0 Å². The fourth-order valence-electron chi connectivity index (χ4n) is 2.81. The molecule has 140 valence electrons. The molecule has 2 aromatic carbocycles. The zero-order chi connectivity index (χ0) is 19.6. The molecule has 0 aromatic heterocycles. The minimum Gasteiger partial charge on any atom is -0.457 e. The van der Waals surface area contributed by atoms with Gasteiger partial charge in [0.2, 0.25) is 11.7 Å². The second-order valence-electron chi connectivity index (χ2n) is 6.04. The predicted molar refractivity (Wildman–Crippen MR) is 104 cm³/mol. The second kappa shape index (κ2) is 8.30. The number of amides is 1. The van der Waals surface area contributed by atoms with Gasteiger partial charge in [-0.2, -0.15) is 0 Å². The molecule has 5 nitrogen and oxygen atoms in total. The Morgan fingerprint density at radius 1 is 1.07 bits per heavy atom. The maximum Gasteiger partial charge on any atom is 0.311 e. The summed E-state index contributed by atoms with van der Waals surface area (Å²) in [5.41, 5.74) is 0.837. The van der Waals surface area contributed by atoms with Crippen molar-refractivity contribution in [3.8, 4) is 0 Å². The minimum atomic E-state index is -0.648. The number of nitrogens with zero attached hydrogens (tertiary/aromatic N) is 1. The van der Waals surface area contributed by atoms with Crippen molar-refractivity contribution in [2.45, 2.75) is 6.42 Å². The van der Waals surface area contributed by atoms with E-state index in [2.05, 4.69) is 0 Å². The highest BCUT2D eigenvalue weighted by Gasteiger charge is 2.36. The van der Waals surface area contributed by atoms with Crippen LogP contribution >= 0.6 is 34.8 Å². The number of carbonyl (C=O) groups is 3. The van der Waals surface area contributed by atoms with Gasteiger partial charge in [0, 0.05) is 34.3 Å². The van der Waals surface area contributed by atoms with Crippen LogP contribution in [0.25, 0.3) is 0 Å². The number of halogens is 3. The summed E-state index contributed by atoms with van der Waals surface area (Å²) in [5, 5.41) is 1.09. The molecule has 0 unspecified atom stereocenters. The molecule has 0 saturated carbocycles. The van der Waals surface area contributed by atoms with E-state index >= 15 is 0 Å². The number of esters is 1. The van der Waals surface area contributed by atoms with Crippen LogP contribution in [0.1, 0.15) is 16.8 Å². The minimum absolute atomic E-state index is 0.0151. The normalized spacial score (nSPS) is 16.5. The standard InChI is InChI=1S/C19H14Cl3NO4/c20-12-2-1-3-14(7-12)23-9-11(6-18(23)25)19(26)27-10-17(24)15-5-4-13(21)8-16(15)22/h1-5,7-8,11H,6,9-10H2/t11-/m0/s1. The summed E-state index contributed by atoms with van der Waals surface area (Å²) in [4.78, 5) is 38.2. The fraction of sp³-hybridized carbons (Fsp3) is 0.211. The third kappa shape index (κ3) is 4.61. The molecule has 0 radical (unpaired) electrons. The summed E-state index contributed by atoms with van der Waals surface area (Å²) >= 11 is 17.7. The number of ether oxygens (including phenoxy) is 1. The molecule has 1 atom stereocenters. The first-order chi connectivity index (χ1) is 12.8. The number of anilines is 1. The first-order valence-electron chi connectivity index (χ1n) is 8.06. The van der Waals surface area contributed by atoms with Crippen molar-refractivity contribution >= 4 is 58.1 Å². The molecule has 1 fully saturated rings. The van der Waals surface area contributed by atoms with E-state index in [0.717, 1.165) is 0 Å². The average Bonchev–Trinajstić information content (AvgIpc) is 3.01. The Morgan fingerprint density at radius 3 is 2.52 bits per heavy atom. The molecule has 0 spiro atoms. The number of rotatable bonds is 5. The van der Waals surface area contributed by atoms with E-state index < -0.39 is 24.3 Å². The molecule has 1 aliphatic rings. The molecule has 27 heavy (non-hydrogen) atoms. The molecule has 0 bridgehead atoms. The van der Waals surface area contributed by atoms with E-state index in [1.165, 1.54) is 23.1 Å². The number of benzene rings is 2. The Hall–Kier alpha value is -2.08. The Morgan fingerprint density at radius 2 is 1.81 bits per heavy atom. The largest absolute Gasteiger partial charge is 0.457 e. The zero-order valence-corrected chi connectivity index (χ0v) is 16.2. The Labute approximate surface area is 170 Å². The summed E-state index contributed by atoms with van der Waals surface area (Å²) in [6.45, 7) is -0.282. The number of Topliss-reactive ketones (excluding diaryl/α,β-unsaturated/α-hetero) is 1. The monoisotopic (exact) mass is 425 g/mol.